The van der Waals surface area contributed by atoms with Crippen LogP contribution in [0.3, 0.4) is 0 Å². The van der Waals surface area contributed by atoms with Crippen LogP contribution in [0.25, 0.3) is 0 Å². The van der Waals surface area contributed by atoms with Gasteiger partial charge in [-0.25, -0.2) is 8.42 Å². The van der Waals surface area contributed by atoms with Gasteiger partial charge in [-0.15, -0.1) is 0 Å². The van der Waals surface area contributed by atoms with Crippen LogP contribution in [0.1, 0.15) is 48.8 Å². The third kappa shape index (κ3) is 3.74. The number of rotatable bonds is 6. The molecule has 1 aromatic carbocycles. The number of carbonyl (C=O) groups is 1. The van der Waals surface area contributed by atoms with Gasteiger partial charge in [0, 0.05) is 17.8 Å². The number of benzene rings is 1. The van der Waals surface area contributed by atoms with Crippen molar-refractivity contribution in [1.82, 2.24) is 9.88 Å². The quantitative estimate of drug-likeness (QED) is 0.795. The summed E-state index contributed by atoms with van der Waals surface area (Å²) in [5, 5.41) is 0. The van der Waals surface area contributed by atoms with Crippen molar-refractivity contribution in [2.45, 2.75) is 43.7 Å². The van der Waals surface area contributed by atoms with E-state index in [0.29, 0.717) is 5.56 Å². The molecule has 0 bridgehead atoms. The molecule has 1 saturated carbocycles. The van der Waals surface area contributed by atoms with E-state index in [2.05, 4.69) is 4.98 Å². The van der Waals surface area contributed by atoms with Crippen LogP contribution in [-0.2, 0) is 9.84 Å². The largest absolute Gasteiger partial charge is 0.327 e. The fraction of sp³-hybridized carbons (Fsp3) is 0.368. The van der Waals surface area contributed by atoms with Crippen LogP contribution in [0.5, 0.6) is 0 Å². The van der Waals surface area contributed by atoms with E-state index in [-0.39, 0.29) is 28.6 Å². The highest BCUT2D eigenvalue weighted by Crippen LogP contribution is 2.35. The molecular formula is C19H22N2O3S. The van der Waals surface area contributed by atoms with Gasteiger partial charge in [0.1, 0.15) is 0 Å². The minimum Gasteiger partial charge on any atom is -0.327 e. The first-order valence-electron chi connectivity index (χ1n) is 8.50. The number of nitrogens with zero attached hydrogens (tertiary/aromatic N) is 2. The monoisotopic (exact) mass is 358 g/mol. The molecule has 3 rings (SSSR count). The van der Waals surface area contributed by atoms with Crippen molar-refractivity contribution in [2.24, 2.45) is 0 Å². The summed E-state index contributed by atoms with van der Waals surface area (Å²) in [7, 11) is -3.26. The van der Waals surface area contributed by atoms with Crippen molar-refractivity contribution in [2.75, 3.05) is 5.75 Å². The number of sulfone groups is 1. The van der Waals surface area contributed by atoms with Crippen LogP contribution >= 0.6 is 0 Å². The molecule has 1 atom stereocenters. The second-order valence-corrected chi connectivity index (χ2v) is 8.58. The molecule has 1 heterocycles. The minimum atomic E-state index is -3.26. The number of aromatic nitrogens is 1. The Balaban J connectivity index is 1.87. The first-order chi connectivity index (χ1) is 11.9. The van der Waals surface area contributed by atoms with E-state index in [0.717, 1.165) is 18.5 Å². The predicted molar refractivity (Wildman–Crippen MR) is 96.0 cm³/mol. The zero-order chi connectivity index (χ0) is 18.0. The second kappa shape index (κ2) is 6.96. The SMILES string of the molecule is CCS(=O)(=O)c1ccc(C(=O)N(C2CC2)C(C)c2ccccn2)cc1. The lowest BCUT2D eigenvalue weighted by molar-refractivity contribution is 0.0670. The van der Waals surface area contributed by atoms with E-state index in [1.807, 2.05) is 30.0 Å². The van der Waals surface area contributed by atoms with Crippen molar-refractivity contribution in [3.63, 3.8) is 0 Å². The third-order valence-corrected chi connectivity index (χ3v) is 6.30. The highest BCUT2D eigenvalue weighted by Gasteiger charge is 2.37. The molecule has 0 saturated heterocycles. The molecule has 2 aromatic rings. The smallest absolute Gasteiger partial charge is 0.254 e. The van der Waals surface area contributed by atoms with E-state index < -0.39 is 9.84 Å². The predicted octanol–water partition coefficient (Wildman–Crippen LogP) is 3.24. The van der Waals surface area contributed by atoms with Crippen molar-refractivity contribution in [1.29, 1.82) is 0 Å². The molecule has 0 spiro atoms. The average molecular weight is 358 g/mol. The van der Waals surface area contributed by atoms with Gasteiger partial charge in [0.2, 0.25) is 0 Å². The Bertz CT molecular complexity index is 844. The van der Waals surface area contributed by atoms with Crippen LogP contribution < -0.4 is 0 Å². The molecule has 0 N–H and O–H groups in total. The van der Waals surface area contributed by atoms with E-state index in [4.69, 9.17) is 0 Å². The van der Waals surface area contributed by atoms with Crippen molar-refractivity contribution < 1.29 is 13.2 Å². The Morgan fingerprint density at radius 3 is 2.40 bits per heavy atom. The van der Waals surface area contributed by atoms with Gasteiger partial charge in [0.25, 0.3) is 5.91 Å². The Morgan fingerprint density at radius 1 is 1.20 bits per heavy atom. The summed E-state index contributed by atoms with van der Waals surface area (Å²) in [4.78, 5) is 19.5. The Morgan fingerprint density at radius 2 is 1.88 bits per heavy atom. The van der Waals surface area contributed by atoms with Gasteiger partial charge in [0.05, 0.1) is 22.4 Å². The summed E-state index contributed by atoms with van der Waals surface area (Å²) >= 11 is 0. The van der Waals surface area contributed by atoms with Gasteiger partial charge in [-0.1, -0.05) is 13.0 Å². The van der Waals surface area contributed by atoms with E-state index >= 15 is 0 Å². The molecule has 132 valence electrons. The van der Waals surface area contributed by atoms with E-state index in [9.17, 15) is 13.2 Å². The fourth-order valence-corrected chi connectivity index (χ4v) is 3.78. The highest BCUT2D eigenvalue weighted by molar-refractivity contribution is 7.91. The van der Waals surface area contributed by atoms with Crippen LogP contribution in [0.15, 0.2) is 53.6 Å². The summed E-state index contributed by atoms with van der Waals surface area (Å²) in [5.41, 5.74) is 1.36. The maximum atomic E-state index is 13.0. The lowest BCUT2D eigenvalue weighted by atomic mass is 10.1. The van der Waals surface area contributed by atoms with E-state index in [1.54, 1.807) is 25.3 Å². The van der Waals surface area contributed by atoms with Gasteiger partial charge >= 0.3 is 0 Å². The molecule has 25 heavy (non-hydrogen) atoms. The number of hydrogen-bond donors (Lipinski definition) is 0. The van der Waals surface area contributed by atoms with Crippen molar-refractivity contribution in [3.05, 3.63) is 59.9 Å². The molecule has 6 heteroatoms. The Hall–Kier alpha value is -2.21. The number of amides is 1. The number of hydrogen-bond acceptors (Lipinski definition) is 4. The van der Waals surface area contributed by atoms with Gasteiger partial charge in [-0.05, 0) is 56.2 Å². The molecule has 1 aliphatic rings. The topological polar surface area (TPSA) is 67.3 Å². The zero-order valence-electron chi connectivity index (χ0n) is 14.4. The second-order valence-electron chi connectivity index (χ2n) is 6.30. The summed E-state index contributed by atoms with van der Waals surface area (Å²) < 4.78 is 23.8. The minimum absolute atomic E-state index is 0.0468. The lowest BCUT2D eigenvalue weighted by Crippen LogP contribution is -2.36. The maximum Gasteiger partial charge on any atom is 0.254 e. The molecular weight excluding hydrogens is 336 g/mol. The Labute approximate surface area is 148 Å². The first kappa shape index (κ1) is 17.6. The Kier molecular flexibility index (Phi) is 4.90. The fourth-order valence-electron chi connectivity index (χ4n) is 2.90. The molecule has 1 amide bonds. The van der Waals surface area contributed by atoms with Gasteiger partial charge in [-0.3, -0.25) is 9.78 Å². The van der Waals surface area contributed by atoms with Crippen LogP contribution in [0, 0.1) is 0 Å². The molecule has 0 radical (unpaired) electrons. The molecule has 1 aromatic heterocycles. The van der Waals surface area contributed by atoms with Gasteiger partial charge in [-0.2, -0.15) is 0 Å². The number of carbonyl (C=O) groups excluding carboxylic acids is 1. The number of pyridine rings is 1. The summed E-state index contributed by atoms with van der Waals surface area (Å²) in [6.07, 6.45) is 3.71. The first-order valence-corrected chi connectivity index (χ1v) is 10.2. The van der Waals surface area contributed by atoms with Crippen LogP contribution in [-0.4, -0.2) is 36.0 Å². The molecule has 1 aliphatic carbocycles. The van der Waals surface area contributed by atoms with Gasteiger partial charge in [0.15, 0.2) is 9.84 Å². The third-order valence-electron chi connectivity index (χ3n) is 4.55. The molecule has 0 aliphatic heterocycles. The van der Waals surface area contributed by atoms with Crippen LogP contribution in [0.4, 0.5) is 0 Å². The van der Waals surface area contributed by atoms with Gasteiger partial charge < -0.3 is 4.90 Å². The maximum absolute atomic E-state index is 13.0. The summed E-state index contributed by atoms with van der Waals surface area (Å²) in [6, 6.07) is 12.0. The molecule has 1 fully saturated rings. The molecule has 5 nitrogen and oxygen atoms in total. The molecule has 1 unspecified atom stereocenters. The highest BCUT2D eigenvalue weighted by atomic mass is 32.2. The zero-order valence-corrected chi connectivity index (χ0v) is 15.2. The normalized spacial score (nSPS) is 15.6. The van der Waals surface area contributed by atoms with Crippen LogP contribution in [0.2, 0.25) is 0 Å². The standard InChI is InChI=1S/C19H22N2O3S/c1-3-25(23,24)17-11-7-15(8-12-17)19(22)21(16-9-10-16)14(2)18-6-4-5-13-20-18/h4-8,11-14,16H,3,9-10H2,1-2H3. The van der Waals surface area contributed by atoms with Crippen molar-refractivity contribution in [3.8, 4) is 0 Å². The summed E-state index contributed by atoms with van der Waals surface area (Å²) in [5.74, 6) is -0.0355. The average Bonchev–Trinajstić information content (AvgIpc) is 3.47. The van der Waals surface area contributed by atoms with Crippen molar-refractivity contribution >= 4 is 15.7 Å². The summed E-state index contributed by atoms with van der Waals surface area (Å²) in [6.45, 7) is 3.59. The van der Waals surface area contributed by atoms with E-state index in [1.165, 1.54) is 12.1 Å². The lowest BCUT2D eigenvalue weighted by Gasteiger charge is -2.29.